The maximum absolute atomic E-state index is 13.1. The molecular weight excluding hydrogens is 426 g/mol. The van der Waals surface area contributed by atoms with E-state index in [0.717, 1.165) is 11.3 Å². The quantitative estimate of drug-likeness (QED) is 0.306. The second kappa shape index (κ2) is 9.28. The van der Waals surface area contributed by atoms with Gasteiger partial charge in [-0.15, -0.1) is 11.3 Å². The number of Topliss-reactive ketones (excluding diaryl/α,β-unsaturated/α-hetero) is 1. The first-order valence-electron chi connectivity index (χ1n) is 10.3. The summed E-state index contributed by atoms with van der Waals surface area (Å²) in [5, 5.41) is 13.1. The van der Waals surface area contributed by atoms with Crippen molar-refractivity contribution >= 4 is 34.5 Å². The summed E-state index contributed by atoms with van der Waals surface area (Å²) in [5.41, 5.74) is 1.03. The van der Waals surface area contributed by atoms with Crippen LogP contribution in [0, 0.1) is 0 Å². The van der Waals surface area contributed by atoms with Gasteiger partial charge in [0.15, 0.2) is 0 Å². The molecule has 0 bridgehead atoms. The van der Waals surface area contributed by atoms with E-state index in [1.807, 2.05) is 24.4 Å². The van der Waals surface area contributed by atoms with Gasteiger partial charge in [0.1, 0.15) is 23.3 Å². The van der Waals surface area contributed by atoms with E-state index in [2.05, 4.69) is 0 Å². The molecule has 7 heteroatoms. The topological polar surface area (TPSA) is 76.1 Å². The van der Waals surface area contributed by atoms with Crippen LogP contribution in [-0.2, 0) is 9.59 Å². The number of aliphatic hydroxyl groups excluding tert-OH is 1. The molecule has 1 aliphatic rings. The Morgan fingerprint density at radius 1 is 1.06 bits per heavy atom. The lowest BCUT2D eigenvalue weighted by Gasteiger charge is -2.24. The summed E-state index contributed by atoms with van der Waals surface area (Å²) in [7, 11) is 1.56. The molecule has 2 heterocycles. The normalized spacial score (nSPS) is 17.6. The van der Waals surface area contributed by atoms with Crippen LogP contribution in [0.4, 0.5) is 5.69 Å². The summed E-state index contributed by atoms with van der Waals surface area (Å²) in [6, 6.07) is 16.8. The Hall–Kier alpha value is -3.58. The number of thiophene rings is 1. The van der Waals surface area contributed by atoms with Crippen molar-refractivity contribution in [2.45, 2.75) is 19.4 Å². The fourth-order valence-corrected chi connectivity index (χ4v) is 4.49. The highest BCUT2D eigenvalue weighted by Crippen LogP contribution is 2.44. The van der Waals surface area contributed by atoms with Crippen LogP contribution >= 0.6 is 11.3 Å². The van der Waals surface area contributed by atoms with E-state index in [9.17, 15) is 14.7 Å². The number of ketones is 1. The second-order valence-corrected chi connectivity index (χ2v) is 8.24. The Bertz CT molecular complexity index is 1150. The van der Waals surface area contributed by atoms with Gasteiger partial charge in [0.05, 0.1) is 19.3 Å². The van der Waals surface area contributed by atoms with Crippen molar-refractivity contribution in [3.63, 3.8) is 0 Å². The molecule has 164 valence electrons. The molecule has 0 spiro atoms. The van der Waals surface area contributed by atoms with E-state index in [-0.39, 0.29) is 11.3 Å². The lowest BCUT2D eigenvalue weighted by molar-refractivity contribution is -0.132. The summed E-state index contributed by atoms with van der Waals surface area (Å²) in [6.45, 7) is 2.55. The van der Waals surface area contributed by atoms with Gasteiger partial charge in [-0.2, -0.15) is 0 Å². The van der Waals surface area contributed by atoms with Gasteiger partial charge < -0.3 is 14.6 Å². The minimum absolute atomic E-state index is 0.0564. The number of benzene rings is 2. The average Bonchev–Trinajstić information content (AvgIpc) is 3.44. The summed E-state index contributed by atoms with van der Waals surface area (Å²) in [5.74, 6) is -0.403. The number of methoxy groups -OCH3 is 1. The summed E-state index contributed by atoms with van der Waals surface area (Å²) >= 11 is 1.42. The predicted molar refractivity (Wildman–Crippen MR) is 124 cm³/mol. The van der Waals surface area contributed by atoms with E-state index in [1.54, 1.807) is 55.6 Å². The summed E-state index contributed by atoms with van der Waals surface area (Å²) in [4.78, 5) is 28.4. The Morgan fingerprint density at radius 2 is 1.84 bits per heavy atom. The van der Waals surface area contributed by atoms with Crippen LogP contribution in [0.15, 0.2) is 71.6 Å². The Kier molecular flexibility index (Phi) is 6.28. The first kappa shape index (κ1) is 21.6. The van der Waals surface area contributed by atoms with Crippen molar-refractivity contribution in [3.8, 4) is 11.5 Å². The average molecular weight is 450 g/mol. The zero-order valence-electron chi connectivity index (χ0n) is 17.8. The Labute approximate surface area is 190 Å². The highest BCUT2D eigenvalue weighted by Gasteiger charge is 2.47. The SMILES string of the molecule is CCCOc1cccc(/C(O)=C2/C(=O)C(=O)N(c3ccc(OC)cc3)C2c2cccs2)c1. The number of hydrogen-bond donors (Lipinski definition) is 1. The van der Waals surface area contributed by atoms with Crippen molar-refractivity contribution in [1.82, 2.24) is 0 Å². The molecule has 1 N–H and O–H groups in total. The molecule has 1 fully saturated rings. The minimum Gasteiger partial charge on any atom is -0.507 e. The van der Waals surface area contributed by atoms with E-state index in [1.165, 1.54) is 16.2 Å². The van der Waals surface area contributed by atoms with Gasteiger partial charge in [-0.05, 0) is 54.3 Å². The molecule has 1 saturated heterocycles. The van der Waals surface area contributed by atoms with Crippen LogP contribution in [-0.4, -0.2) is 30.5 Å². The number of aliphatic hydroxyl groups is 1. The molecule has 2 aromatic carbocycles. The lowest BCUT2D eigenvalue weighted by Crippen LogP contribution is -2.29. The number of nitrogens with zero attached hydrogens (tertiary/aromatic N) is 1. The van der Waals surface area contributed by atoms with Crippen LogP contribution in [0.25, 0.3) is 5.76 Å². The number of carbonyl (C=O) groups is 2. The van der Waals surface area contributed by atoms with Crippen LogP contribution in [0.2, 0.25) is 0 Å². The molecule has 1 unspecified atom stereocenters. The Balaban J connectivity index is 1.83. The molecule has 0 saturated carbocycles. The van der Waals surface area contributed by atoms with Gasteiger partial charge in [0, 0.05) is 16.1 Å². The van der Waals surface area contributed by atoms with Crippen molar-refractivity contribution in [2.24, 2.45) is 0 Å². The number of ether oxygens (including phenoxy) is 2. The maximum Gasteiger partial charge on any atom is 0.300 e. The van der Waals surface area contributed by atoms with Gasteiger partial charge in [0.2, 0.25) is 0 Å². The highest BCUT2D eigenvalue weighted by molar-refractivity contribution is 7.10. The highest BCUT2D eigenvalue weighted by atomic mass is 32.1. The van der Waals surface area contributed by atoms with Crippen LogP contribution in [0.1, 0.15) is 29.8 Å². The molecule has 1 aliphatic heterocycles. The number of anilines is 1. The van der Waals surface area contributed by atoms with Gasteiger partial charge in [0.25, 0.3) is 11.7 Å². The summed E-state index contributed by atoms with van der Waals surface area (Å²) < 4.78 is 10.9. The molecular formula is C25H23NO5S. The molecule has 4 rings (SSSR count). The monoisotopic (exact) mass is 449 g/mol. The van der Waals surface area contributed by atoms with Gasteiger partial charge in [-0.3, -0.25) is 14.5 Å². The largest absolute Gasteiger partial charge is 0.507 e. The standard InChI is InChI=1S/C25H23NO5S/c1-3-13-31-19-7-4-6-16(15-19)23(27)21-22(20-8-5-14-32-20)26(25(29)24(21)28)17-9-11-18(30-2)12-10-17/h4-12,14-15,22,27H,3,13H2,1-2H3/b23-21-. The van der Waals surface area contributed by atoms with Crippen molar-refractivity contribution < 1.29 is 24.2 Å². The van der Waals surface area contributed by atoms with Gasteiger partial charge >= 0.3 is 0 Å². The molecule has 1 aromatic heterocycles. The number of carbonyl (C=O) groups excluding carboxylic acids is 2. The molecule has 6 nitrogen and oxygen atoms in total. The van der Waals surface area contributed by atoms with Crippen LogP contribution in [0.5, 0.6) is 11.5 Å². The second-order valence-electron chi connectivity index (χ2n) is 7.26. The van der Waals surface area contributed by atoms with Crippen LogP contribution < -0.4 is 14.4 Å². The van der Waals surface area contributed by atoms with E-state index < -0.39 is 17.7 Å². The van der Waals surface area contributed by atoms with Gasteiger partial charge in [-0.1, -0.05) is 25.1 Å². The number of rotatable bonds is 7. The zero-order valence-corrected chi connectivity index (χ0v) is 18.6. The molecule has 32 heavy (non-hydrogen) atoms. The molecule has 0 radical (unpaired) electrons. The van der Waals surface area contributed by atoms with Gasteiger partial charge in [-0.25, -0.2) is 0 Å². The third-order valence-electron chi connectivity index (χ3n) is 5.19. The van der Waals surface area contributed by atoms with Crippen LogP contribution in [0.3, 0.4) is 0 Å². The van der Waals surface area contributed by atoms with E-state index >= 15 is 0 Å². The first-order valence-corrected chi connectivity index (χ1v) is 11.1. The van der Waals surface area contributed by atoms with Crippen molar-refractivity contribution in [1.29, 1.82) is 0 Å². The zero-order chi connectivity index (χ0) is 22.7. The lowest BCUT2D eigenvalue weighted by atomic mass is 9.99. The fourth-order valence-electron chi connectivity index (χ4n) is 3.67. The molecule has 1 atom stereocenters. The molecule has 3 aromatic rings. The summed E-state index contributed by atoms with van der Waals surface area (Å²) in [6.07, 6.45) is 0.849. The predicted octanol–water partition coefficient (Wildman–Crippen LogP) is 5.17. The molecule has 1 amide bonds. The smallest absolute Gasteiger partial charge is 0.300 e. The molecule has 0 aliphatic carbocycles. The van der Waals surface area contributed by atoms with Crippen molar-refractivity contribution in [2.75, 3.05) is 18.6 Å². The third-order valence-corrected chi connectivity index (χ3v) is 6.11. The minimum atomic E-state index is -0.733. The number of amides is 1. The number of hydrogen-bond acceptors (Lipinski definition) is 6. The maximum atomic E-state index is 13.1. The third kappa shape index (κ3) is 3.99. The Morgan fingerprint density at radius 3 is 2.50 bits per heavy atom. The van der Waals surface area contributed by atoms with E-state index in [0.29, 0.717) is 29.4 Å². The van der Waals surface area contributed by atoms with Crippen molar-refractivity contribution in [3.05, 3.63) is 82.1 Å². The fraction of sp³-hybridized carbons (Fsp3) is 0.200. The first-order chi connectivity index (χ1) is 15.5. The van der Waals surface area contributed by atoms with E-state index in [4.69, 9.17) is 9.47 Å².